The number of carbonyl (C=O) groups is 1. The Bertz CT molecular complexity index is 1520. The first-order chi connectivity index (χ1) is 18.1. The fraction of sp³-hybridized carbons (Fsp3) is 0.269. The summed E-state index contributed by atoms with van der Waals surface area (Å²) >= 11 is 6.11. The number of fused-ring (bicyclic) bond motifs is 1. The quantitative estimate of drug-likeness (QED) is 0.359. The molecule has 39 heavy (non-hydrogen) atoms. The summed E-state index contributed by atoms with van der Waals surface area (Å²) in [6.45, 7) is 1.36. The van der Waals surface area contributed by atoms with E-state index in [1.807, 2.05) is 0 Å². The number of benzene rings is 3. The Morgan fingerprint density at radius 2 is 1.77 bits per heavy atom. The van der Waals surface area contributed by atoms with Crippen molar-refractivity contribution in [2.45, 2.75) is 36.7 Å². The highest BCUT2D eigenvalue weighted by molar-refractivity contribution is 7.92. The molecule has 1 aliphatic rings. The lowest BCUT2D eigenvalue weighted by Crippen LogP contribution is -2.50. The lowest BCUT2D eigenvalue weighted by atomic mass is 10.0. The third kappa shape index (κ3) is 5.96. The molecule has 4 rings (SSSR count). The fourth-order valence-electron chi connectivity index (χ4n) is 3.92. The number of carbonyl (C=O) groups excluding carboxylic acids is 1. The molecular formula is C26H22ClF5N2O4S. The zero-order valence-corrected chi connectivity index (χ0v) is 22.1. The maximum absolute atomic E-state index is 14.1. The molecule has 3 aromatic rings. The van der Waals surface area contributed by atoms with Gasteiger partial charge in [0.2, 0.25) is 0 Å². The van der Waals surface area contributed by atoms with Crippen molar-refractivity contribution in [2.24, 2.45) is 0 Å². The van der Waals surface area contributed by atoms with Crippen LogP contribution < -0.4 is 14.4 Å². The molecule has 0 saturated heterocycles. The SMILES string of the molecule is CC(C)(F)C(=O)NC[C@H]1CN(S(=O)(=O)c2cccc(C(F)(F)F)c2)c2cc(-c3cccc(F)c3Cl)ccc2O1. The Hall–Kier alpha value is -3.38. The molecule has 1 N–H and O–H groups in total. The average Bonchev–Trinajstić information content (AvgIpc) is 2.87. The van der Waals surface area contributed by atoms with Crippen LogP contribution in [0.4, 0.5) is 27.6 Å². The van der Waals surface area contributed by atoms with E-state index in [-0.39, 0.29) is 28.6 Å². The summed E-state index contributed by atoms with van der Waals surface area (Å²) in [5, 5.41) is 2.13. The molecule has 0 radical (unpaired) electrons. The van der Waals surface area contributed by atoms with Gasteiger partial charge >= 0.3 is 6.18 Å². The van der Waals surface area contributed by atoms with Gasteiger partial charge in [-0.3, -0.25) is 9.10 Å². The Kier molecular flexibility index (Phi) is 7.56. The third-order valence-electron chi connectivity index (χ3n) is 5.93. The minimum Gasteiger partial charge on any atom is -0.484 e. The first-order valence-electron chi connectivity index (χ1n) is 11.5. The molecule has 1 amide bonds. The third-order valence-corrected chi connectivity index (χ3v) is 8.09. The number of ether oxygens (including phenoxy) is 1. The van der Waals surface area contributed by atoms with Crippen LogP contribution in [0.2, 0.25) is 5.02 Å². The summed E-state index contributed by atoms with van der Waals surface area (Å²) in [4.78, 5) is 11.4. The number of halogens is 6. The van der Waals surface area contributed by atoms with Crippen molar-refractivity contribution in [1.82, 2.24) is 5.32 Å². The Balaban J connectivity index is 1.80. The summed E-state index contributed by atoms with van der Waals surface area (Å²) in [7, 11) is -4.62. The van der Waals surface area contributed by atoms with Crippen molar-refractivity contribution < 1.29 is 39.9 Å². The number of alkyl halides is 4. The van der Waals surface area contributed by atoms with Gasteiger partial charge in [0.1, 0.15) is 17.7 Å². The van der Waals surface area contributed by atoms with E-state index in [9.17, 15) is 35.2 Å². The molecule has 0 aromatic heterocycles. The average molecular weight is 589 g/mol. The first kappa shape index (κ1) is 28.6. The summed E-state index contributed by atoms with van der Waals surface area (Å²) in [6, 6.07) is 11.6. The van der Waals surface area contributed by atoms with Crippen LogP contribution in [0.1, 0.15) is 19.4 Å². The van der Waals surface area contributed by atoms with Gasteiger partial charge in [-0.1, -0.05) is 35.9 Å². The molecular weight excluding hydrogens is 567 g/mol. The van der Waals surface area contributed by atoms with Crippen LogP contribution in [-0.4, -0.2) is 39.2 Å². The highest BCUT2D eigenvalue weighted by Crippen LogP contribution is 2.42. The van der Waals surface area contributed by atoms with E-state index in [0.29, 0.717) is 11.6 Å². The van der Waals surface area contributed by atoms with E-state index in [0.717, 1.165) is 42.4 Å². The minimum atomic E-state index is -4.79. The van der Waals surface area contributed by atoms with Gasteiger partial charge in [0.15, 0.2) is 5.67 Å². The Labute approximate surface area is 226 Å². The number of nitrogens with zero attached hydrogens (tertiary/aromatic N) is 1. The van der Waals surface area contributed by atoms with Gasteiger partial charge in [-0.25, -0.2) is 17.2 Å². The second kappa shape index (κ2) is 10.3. The van der Waals surface area contributed by atoms with Gasteiger partial charge in [0, 0.05) is 5.56 Å². The number of nitrogens with one attached hydrogen (secondary N) is 1. The predicted octanol–water partition coefficient (Wildman–Crippen LogP) is 5.99. The van der Waals surface area contributed by atoms with Gasteiger partial charge in [-0.05, 0) is 55.8 Å². The van der Waals surface area contributed by atoms with Gasteiger partial charge in [0.05, 0.1) is 34.3 Å². The van der Waals surface area contributed by atoms with Crippen LogP contribution in [-0.2, 0) is 21.0 Å². The highest BCUT2D eigenvalue weighted by Gasteiger charge is 2.38. The highest BCUT2D eigenvalue weighted by atomic mass is 35.5. The Morgan fingerprint density at radius 1 is 1.08 bits per heavy atom. The molecule has 3 aromatic carbocycles. The van der Waals surface area contributed by atoms with Gasteiger partial charge in [-0.15, -0.1) is 0 Å². The number of hydrogen-bond acceptors (Lipinski definition) is 4. The summed E-state index contributed by atoms with van der Waals surface area (Å²) in [6.07, 6.45) is -5.81. The summed E-state index contributed by atoms with van der Waals surface area (Å²) in [5.74, 6) is -1.64. The standard InChI is InChI=1S/C26H22ClF5N2O4S/c1-25(2,29)24(35)33-13-17-14-34(39(36,37)18-6-3-5-16(12-18)26(30,31)32)21-11-15(9-10-22(21)38-17)19-7-4-8-20(28)23(19)27/h3-12,17H,13-14H2,1-2H3,(H,33,35)/t17-/m0/s1. The van der Waals surface area contributed by atoms with Gasteiger partial charge in [-0.2, -0.15) is 13.2 Å². The maximum atomic E-state index is 14.1. The number of amides is 1. The van der Waals surface area contributed by atoms with E-state index >= 15 is 0 Å². The number of anilines is 1. The molecule has 208 valence electrons. The fourth-order valence-corrected chi connectivity index (χ4v) is 5.70. The van der Waals surface area contributed by atoms with Crippen molar-refractivity contribution >= 4 is 33.2 Å². The van der Waals surface area contributed by atoms with E-state index in [1.165, 1.54) is 30.3 Å². The topological polar surface area (TPSA) is 75.7 Å². The van der Waals surface area contributed by atoms with Crippen molar-refractivity contribution in [3.63, 3.8) is 0 Å². The molecule has 1 aliphatic heterocycles. The van der Waals surface area contributed by atoms with E-state index in [1.54, 1.807) is 0 Å². The molecule has 13 heteroatoms. The molecule has 6 nitrogen and oxygen atoms in total. The van der Waals surface area contributed by atoms with Crippen molar-refractivity contribution in [3.05, 3.63) is 77.1 Å². The lowest BCUT2D eigenvalue weighted by Gasteiger charge is -2.36. The molecule has 0 fully saturated rings. The van der Waals surface area contributed by atoms with Gasteiger partial charge in [0.25, 0.3) is 15.9 Å². The second-order valence-corrected chi connectivity index (χ2v) is 11.5. The van der Waals surface area contributed by atoms with Crippen molar-refractivity contribution in [1.29, 1.82) is 0 Å². The zero-order valence-electron chi connectivity index (χ0n) is 20.5. The molecule has 0 bridgehead atoms. The molecule has 0 unspecified atom stereocenters. The molecule has 0 aliphatic carbocycles. The molecule has 0 spiro atoms. The number of rotatable bonds is 6. The van der Waals surface area contributed by atoms with E-state index in [2.05, 4.69) is 5.32 Å². The van der Waals surface area contributed by atoms with Crippen LogP contribution in [0, 0.1) is 5.82 Å². The number of hydrogen-bond donors (Lipinski definition) is 1. The van der Waals surface area contributed by atoms with E-state index < -0.39 is 56.7 Å². The summed E-state index contributed by atoms with van der Waals surface area (Å²) in [5.41, 5.74) is -2.85. The van der Waals surface area contributed by atoms with Crippen LogP contribution in [0.25, 0.3) is 11.1 Å². The first-order valence-corrected chi connectivity index (χ1v) is 13.3. The van der Waals surface area contributed by atoms with Crippen molar-refractivity contribution in [3.8, 4) is 16.9 Å². The molecule has 1 heterocycles. The lowest BCUT2D eigenvalue weighted by molar-refractivity contribution is -0.137. The van der Waals surface area contributed by atoms with Crippen LogP contribution in [0.3, 0.4) is 0 Å². The normalized spacial score (nSPS) is 15.9. The summed E-state index contributed by atoms with van der Waals surface area (Å²) < 4.78 is 102. The number of sulfonamides is 1. The van der Waals surface area contributed by atoms with Gasteiger partial charge < -0.3 is 10.1 Å². The predicted molar refractivity (Wildman–Crippen MR) is 135 cm³/mol. The minimum absolute atomic E-state index is 0.0202. The second-order valence-electron chi connectivity index (χ2n) is 9.27. The van der Waals surface area contributed by atoms with Crippen LogP contribution in [0.5, 0.6) is 5.75 Å². The van der Waals surface area contributed by atoms with Crippen LogP contribution in [0.15, 0.2) is 65.6 Å². The van der Waals surface area contributed by atoms with Crippen LogP contribution >= 0.6 is 11.6 Å². The zero-order chi connectivity index (χ0) is 28.8. The maximum Gasteiger partial charge on any atom is 0.416 e. The van der Waals surface area contributed by atoms with E-state index in [4.69, 9.17) is 16.3 Å². The Morgan fingerprint density at radius 3 is 2.44 bits per heavy atom. The monoisotopic (exact) mass is 588 g/mol. The molecule has 1 atom stereocenters. The largest absolute Gasteiger partial charge is 0.484 e. The smallest absolute Gasteiger partial charge is 0.416 e. The molecule has 0 saturated carbocycles. The van der Waals surface area contributed by atoms with Crippen molar-refractivity contribution in [2.75, 3.05) is 17.4 Å².